The van der Waals surface area contributed by atoms with Crippen LogP contribution in [0.15, 0.2) is 0 Å². The monoisotopic (exact) mass is 290 g/mol. The molecule has 6 nitrogen and oxygen atoms in total. The van der Waals surface area contributed by atoms with E-state index in [-0.39, 0.29) is 5.78 Å². The minimum absolute atomic E-state index is 0.256. The Morgan fingerprint density at radius 2 is 1.47 bits per heavy atom. The highest BCUT2D eigenvalue weighted by Gasteiger charge is 2.40. The number of ketones is 1. The summed E-state index contributed by atoms with van der Waals surface area (Å²) in [6.45, 7) is 6.39. The van der Waals surface area contributed by atoms with Crippen LogP contribution in [0.3, 0.4) is 0 Å². The molecule has 0 spiro atoms. The highest BCUT2D eigenvalue weighted by atomic mass is 28.4. The van der Waals surface area contributed by atoms with E-state index in [0.29, 0.717) is 6.42 Å². The second-order valence-corrected chi connectivity index (χ2v) is 7.77. The Balaban J connectivity index is 2.35. The van der Waals surface area contributed by atoms with Gasteiger partial charge in [0.2, 0.25) is 0 Å². The minimum atomic E-state index is -2.51. The Kier molecular flexibility index (Phi) is 7.12. The Morgan fingerprint density at radius 1 is 1.00 bits per heavy atom. The van der Waals surface area contributed by atoms with Crippen molar-refractivity contribution in [1.82, 2.24) is 9.80 Å². The number of rotatable bonds is 8. The Morgan fingerprint density at radius 3 is 1.89 bits per heavy atom. The molecule has 0 saturated carbocycles. The topological polar surface area (TPSA) is 51.2 Å². The molecule has 0 aromatic heterocycles. The molecule has 1 heterocycles. The molecule has 1 saturated heterocycles. The molecule has 112 valence electrons. The minimum Gasteiger partial charge on any atom is -0.376 e. The van der Waals surface area contributed by atoms with E-state index >= 15 is 0 Å². The van der Waals surface area contributed by atoms with Gasteiger partial charge in [0.1, 0.15) is 5.78 Å². The van der Waals surface area contributed by atoms with Gasteiger partial charge in [-0.15, -0.1) is 0 Å². The van der Waals surface area contributed by atoms with E-state index in [1.807, 2.05) is 0 Å². The smallest absolute Gasteiger partial charge is 0.376 e. The molecule has 0 amide bonds. The Bertz CT molecular complexity index is 271. The number of Topliss-reactive ketones (excluding diaryl/α,β-unsaturated/α-hetero) is 1. The summed E-state index contributed by atoms with van der Waals surface area (Å²) in [5.41, 5.74) is 0. The van der Waals surface area contributed by atoms with Crippen LogP contribution in [0, 0.1) is 0 Å². The zero-order chi connectivity index (χ0) is 14.3. The van der Waals surface area contributed by atoms with Gasteiger partial charge in [0, 0.05) is 60.5 Å². The zero-order valence-corrected chi connectivity index (χ0v) is 13.5. The van der Waals surface area contributed by atoms with Crippen molar-refractivity contribution in [2.75, 3.05) is 60.2 Å². The standard InChI is InChI=1S/C12H26N2O4Si/c1-12(15)5-6-13-7-9-14(10-8-13)11-19(16-2,17-3)18-4/h5-11H2,1-4H3. The number of nitrogens with zero attached hydrogens (tertiary/aromatic N) is 2. The summed E-state index contributed by atoms with van der Waals surface area (Å²) in [5, 5.41) is 0. The number of hydrogen-bond donors (Lipinski definition) is 0. The average molecular weight is 290 g/mol. The number of hydrogen-bond acceptors (Lipinski definition) is 6. The lowest BCUT2D eigenvalue weighted by atomic mass is 10.2. The van der Waals surface area contributed by atoms with Gasteiger partial charge in [0.05, 0.1) is 6.17 Å². The molecule has 1 aliphatic rings. The molecule has 0 aromatic carbocycles. The van der Waals surface area contributed by atoms with Gasteiger partial charge in [0.15, 0.2) is 0 Å². The molecule has 0 bridgehead atoms. The van der Waals surface area contributed by atoms with E-state index in [9.17, 15) is 4.79 Å². The quantitative estimate of drug-likeness (QED) is 0.587. The zero-order valence-electron chi connectivity index (χ0n) is 12.5. The van der Waals surface area contributed by atoms with Crippen molar-refractivity contribution < 1.29 is 18.1 Å². The maximum Gasteiger partial charge on any atom is 0.514 e. The summed E-state index contributed by atoms with van der Waals surface area (Å²) in [6, 6.07) is 0. The van der Waals surface area contributed by atoms with Crippen LogP contribution in [0.2, 0.25) is 0 Å². The van der Waals surface area contributed by atoms with Gasteiger partial charge < -0.3 is 18.2 Å². The lowest BCUT2D eigenvalue weighted by molar-refractivity contribution is -0.117. The summed E-state index contributed by atoms with van der Waals surface area (Å²) in [5.74, 6) is 0.256. The second-order valence-electron chi connectivity index (χ2n) is 4.87. The van der Waals surface area contributed by atoms with Crippen molar-refractivity contribution in [3.63, 3.8) is 0 Å². The fourth-order valence-corrected chi connectivity index (χ4v) is 3.96. The predicted octanol–water partition coefficient (Wildman–Crippen LogP) is 0.000400. The third kappa shape index (κ3) is 5.29. The molecule has 0 aliphatic carbocycles. The average Bonchev–Trinajstić information content (AvgIpc) is 2.44. The van der Waals surface area contributed by atoms with Crippen molar-refractivity contribution in [1.29, 1.82) is 0 Å². The van der Waals surface area contributed by atoms with Crippen LogP contribution in [0.25, 0.3) is 0 Å². The normalized spacial score (nSPS) is 18.7. The number of carbonyl (C=O) groups is 1. The van der Waals surface area contributed by atoms with Crippen molar-refractivity contribution in [2.24, 2.45) is 0 Å². The lowest BCUT2D eigenvalue weighted by Gasteiger charge is -2.37. The summed E-state index contributed by atoms with van der Waals surface area (Å²) in [7, 11) is 2.41. The lowest BCUT2D eigenvalue weighted by Crippen LogP contribution is -2.57. The third-order valence-corrected chi connectivity index (χ3v) is 6.30. The van der Waals surface area contributed by atoms with Crippen LogP contribution in [-0.4, -0.2) is 84.6 Å². The molecule has 1 aliphatic heterocycles. The van der Waals surface area contributed by atoms with Gasteiger partial charge >= 0.3 is 8.80 Å². The fourth-order valence-electron chi connectivity index (χ4n) is 2.20. The summed E-state index contributed by atoms with van der Waals surface area (Å²) < 4.78 is 16.3. The van der Waals surface area contributed by atoms with Crippen LogP contribution >= 0.6 is 0 Å². The highest BCUT2D eigenvalue weighted by molar-refractivity contribution is 6.60. The maximum atomic E-state index is 11.0. The van der Waals surface area contributed by atoms with E-state index in [1.165, 1.54) is 0 Å². The van der Waals surface area contributed by atoms with Crippen LogP contribution in [-0.2, 0) is 18.1 Å². The molecular formula is C12H26N2O4Si. The van der Waals surface area contributed by atoms with Gasteiger partial charge in [-0.05, 0) is 6.92 Å². The molecule has 0 radical (unpaired) electrons. The van der Waals surface area contributed by atoms with E-state index < -0.39 is 8.80 Å². The maximum absolute atomic E-state index is 11.0. The van der Waals surface area contributed by atoms with Gasteiger partial charge in [-0.25, -0.2) is 0 Å². The first kappa shape index (κ1) is 16.7. The van der Waals surface area contributed by atoms with E-state index in [0.717, 1.165) is 38.9 Å². The van der Waals surface area contributed by atoms with Crippen molar-refractivity contribution in [2.45, 2.75) is 13.3 Å². The van der Waals surface area contributed by atoms with Crippen LogP contribution in [0.4, 0.5) is 0 Å². The third-order valence-electron chi connectivity index (χ3n) is 3.60. The molecule has 7 heteroatoms. The van der Waals surface area contributed by atoms with E-state index in [4.69, 9.17) is 13.3 Å². The molecule has 0 atom stereocenters. The molecule has 1 rings (SSSR count). The van der Waals surface area contributed by atoms with Gasteiger partial charge in [-0.2, -0.15) is 0 Å². The van der Waals surface area contributed by atoms with Crippen LogP contribution in [0.1, 0.15) is 13.3 Å². The van der Waals surface area contributed by atoms with E-state index in [2.05, 4.69) is 9.80 Å². The van der Waals surface area contributed by atoms with Crippen LogP contribution in [0.5, 0.6) is 0 Å². The molecule has 1 fully saturated rings. The molecule has 19 heavy (non-hydrogen) atoms. The first-order valence-electron chi connectivity index (χ1n) is 6.65. The second kappa shape index (κ2) is 8.08. The molecular weight excluding hydrogens is 264 g/mol. The molecule has 0 aromatic rings. The van der Waals surface area contributed by atoms with Crippen molar-refractivity contribution in [3.8, 4) is 0 Å². The number of carbonyl (C=O) groups excluding carboxylic acids is 1. The predicted molar refractivity (Wildman–Crippen MR) is 75.0 cm³/mol. The fraction of sp³-hybridized carbons (Fsp3) is 0.917. The number of piperazine rings is 1. The summed E-state index contributed by atoms with van der Waals surface area (Å²) in [6.07, 6.45) is 1.37. The summed E-state index contributed by atoms with van der Waals surface area (Å²) >= 11 is 0. The first-order chi connectivity index (χ1) is 9.05. The van der Waals surface area contributed by atoms with Gasteiger partial charge in [-0.3, -0.25) is 9.69 Å². The van der Waals surface area contributed by atoms with Gasteiger partial charge in [-0.1, -0.05) is 0 Å². The van der Waals surface area contributed by atoms with Crippen molar-refractivity contribution >= 4 is 14.6 Å². The summed E-state index contributed by atoms with van der Waals surface area (Å²) in [4.78, 5) is 15.6. The highest BCUT2D eigenvalue weighted by Crippen LogP contribution is 2.11. The largest absolute Gasteiger partial charge is 0.514 e. The van der Waals surface area contributed by atoms with Crippen molar-refractivity contribution in [3.05, 3.63) is 0 Å². The van der Waals surface area contributed by atoms with Gasteiger partial charge in [0.25, 0.3) is 0 Å². The Hall–Kier alpha value is -0.313. The molecule has 0 N–H and O–H groups in total. The molecule has 0 unspecified atom stereocenters. The van der Waals surface area contributed by atoms with E-state index in [1.54, 1.807) is 28.3 Å². The Labute approximate surface area is 117 Å². The first-order valence-corrected chi connectivity index (χ1v) is 8.58. The van der Waals surface area contributed by atoms with Crippen LogP contribution < -0.4 is 0 Å². The SMILES string of the molecule is CO[Si](CN1CCN(CCC(C)=O)CC1)(OC)OC.